The maximum atomic E-state index is 9.49. The third kappa shape index (κ3) is 12.2. The number of hydrogen-bond acceptors (Lipinski definition) is 3. The molecule has 3 unspecified atom stereocenters. The molecule has 0 bridgehead atoms. The van der Waals surface area contributed by atoms with Gasteiger partial charge in [0.15, 0.2) is 0 Å². The van der Waals surface area contributed by atoms with Gasteiger partial charge in [-0.3, -0.25) is 0 Å². The van der Waals surface area contributed by atoms with Crippen LogP contribution in [-0.2, 0) is 0 Å². The molecule has 0 spiro atoms. The third-order valence-corrected chi connectivity index (χ3v) is 16.3. The van der Waals surface area contributed by atoms with E-state index in [9.17, 15) is 16.2 Å². The van der Waals surface area contributed by atoms with Gasteiger partial charge in [0, 0.05) is 0 Å². The molecule has 0 saturated heterocycles. The summed E-state index contributed by atoms with van der Waals surface area (Å²) >= 11 is -3.18. The van der Waals surface area contributed by atoms with Gasteiger partial charge in [-0.25, -0.2) is 0 Å². The summed E-state index contributed by atoms with van der Waals surface area (Å²) in [5.41, 5.74) is 0. The van der Waals surface area contributed by atoms with E-state index in [0.717, 1.165) is 0 Å². The summed E-state index contributed by atoms with van der Waals surface area (Å²) in [6.07, 6.45) is 0. The Morgan fingerprint density at radius 2 is 0.676 bits per heavy atom. The van der Waals surface area contributed by atoms with E-state index < -0.39 is 20.2 Å². The second-order valence-corrected chi connectivity index (χ2v) is 24.9. The van der Waals surface area contributed by atoms with Gasteiger partial charge < -0.3 is 0 Å². The summed E-state index contributed by atoms with van der Waals surface area (Å²) in [5, 5.41) is 28.6. The first-order valence-corrected chi connectivity index (χ1v) is 18.9. The van der Waals surface area contributed by atoms with Crippen molar-refractivity contribution in [2.45, 2.75) is 137 Å². The van der Waals surface area contributed by atoms with Crippen molar-refractivity contribution in [1.29, 1.82) is 16.2 Å². The van der Waals surface area contributed by atoms with Crippen molar-refractivity contribution in [2.75, 3.05) is 0 Å². The average Bonchev–Trinajstić information content (AvgIpc) is 2.59. The Morgan fingerprint density at radius 1 is 0.500 bits per heavy atom. The first-order valence-electron chi connectivity index (χ1n) is 12.3. The van der Waals surface area contributed by atoms with Gasteiger partial charge in [0.25, 0.3) is 0 Å². The molecule has 0 aromatic carbocycles. The van der Waals surface area contributed by atoms with Crippen LogP contribution in [-0.4, -0.2) is 79.2 Å². The van der Waals surface area contributed by atoms with Crippen molar-refractivity contribution in [1.82, 2.24) is 14.0 Å². The fourth-order valence-corrected chi connectivity index (χ4v) is 15.1. The molecule has 3 N–H and O–H groups in total. The number of nitrogens with zero attached hydrogens (tertiary/aromatic N) is 3. The standard InChI is InChI=1S/3C8H18N2P.Sb/c3*1-7(2)10(6-9)11-8(3,4)5;/h3*7,9,11H,1-5H3;. The van der Waals surface area contributed by atoms with E-state index in [-0.39, 0.29) is 33.6 Å². The van der Waals surface area contributed by atoms with Gasteiger partial charge in [-0.05, 0) is 0 Å². The molecule has 0 rings (SSSR count). The molecule has 0 heterocycles. The van der Waals surface area contributed by atoms with Crippen LogP contribution >= 0.6 is 26.2 Å². The molecule has 10 heteroatoms. The monoisotopic (exact) mass is 640 g/mol. The van der Waals surface area contributed by atoms with Crippen LogP contribution in [0.25, 0.3) is 0 Å². The topological polar surface area (TPSA) is 81.3 Å². The molecular weight excluding hydrogens is 587 g/mol. The molecule has 0 aliphatic carbocycles. The van der Waals surface area contributed by atoms with Crippen molar-refractivity contribution in [2.24, 2.45) is 0 Å². The Hall–Kier alpha value is 0.518. The first kappa shape index (κ1) is 34.5. The summed E-state index contributed by atoms with van der Waals surface area (Å²) in [6.45, 7) is 32.8. The molecule has 0 aliphatic heterocycles. The molecule has 0 aromatic rings. The molecule has 0 aromatic heterocycles. The van der Waals surface area contributed by atoms with Gasteiger partial charge in [-0.2, -0.15) is 0 Å². The van der Waals surface area contributed by atoms with Crippen LogP contribution in [0.1, 0.15) is 104 Å². The molecule has 0 fully saturated rings. The van der Waals surface area contributed by atoms with Crippen LogP contribution in [0.5, 0.6) is 0 Å². The summed E-state index contributed by atoms with van der Waals surface area (Å²) in [6, 6.07) is 0.522. The van der Waals surface area contributed by atoms with E-state index >= 15 is 0 Å². The van der Waals surface area contributed by atoms with Crippen LogP contribution in [0.3, 0.4) is 0 Å². The fraction of sp³-hybridized carbons (Fsp3) is 0.875. The molecule has 0 aliphatic rings. The fourth-order valence-electron chi connectivity index (χ4n) is 2.99. The number of nitrogens with one attached hydrogen (secondary N) is 3. The van der Waals surface area contributed by atoms with Gasteiger partial charge >= 0.3 is 225 Å². The van der Waals surface area contributed by atoms with E-state index in [0.29, 0.717) is 37.5 Å². The molecule has 200 valence electrons. The Morgan fingerprint density at radius 3 is 0.794 bits per heavy atom. The predicted octanol–water partition coefficient (Wildman–Crippen LogP) is 7.34. The third-order valence-electron chi connectivity index (χ3n) is 4.24. The summed E-state index contributed by atoms with van der Waals surface area (Å²) in [7, 11) is 1.37. The van der Waals surface area contributed by atoms with Gasteiger partial charge in [0.1, 0.15) is 0 Å². The maximum absolute atomic E-state index is 9.49. The predicted molar refractivity (Wildman–Crippen MR) is 164 cm³/mol. The second kappa shape index (κ2) is 13.4. The van der Waals surface area contributed by atoms with E-state index in [1.54, 1.807) is 0 Å². The van der Waals surface area contributed by atoms with Gasteiger partial charge in [0.05, 0.1) is 0 Å². The van der Waals surface area contributed by atoms with Gasteiger partial charge in [-0.15, -0.1) is 0 Å². The molecule has 0 radical (unpaired) electrons. The average molecular weight is 641 g/mol. The second-order valence-electron chi connectivity index (χ2n) is 12.8. The van der Waals surface area contributed by atoms with Crippen LogP contribution in [0, 0.1) is 16.2 Å². The molecule has 0 saturated carbocycles. The van der Waals surface area contributed by atoms with Crippen LogP contribution in [0.15, 0.2) is 0 Å². The Kier molecular flexibility index (Phi) is 13.6. The molecule has 3 atom stereocenters. The van der Waals surface area contributed by atoms with Crippen molar-refractivity contribution >= 4 is 57.8 Å². The van der Waals surface area contributed by atoms with Crippen LogP contribution in [0.4, 0.5) is 0 Å². The van der Waals surface area contributed by atoms with Crippen molar-refractivity contribution in [3.05, 3.63) is 0 Å². The number of amidine groups is 3. The van der Waals surface area contributed by atoms with Gasteiger partial charge in [-0.1, -0.05) is 0 Å². The molecule has 34 heavy (non-hydrogen) atoms. The SMILES string of the molecule is CC(C)N(PC(C)(C)C)[C](=N)[Sb]([C](=N)N(PC(C)(C)C)C(C)C)[C](=N)N(PC(C)(C)C)C(C)C. The normalized spacial score (nSPS) is 14.2. The number of hydrogen-bond donors (Lipinski definition) is 3. The Bertz CT molecular complexity index is 610. The minimum absolute atomic E-state index is 0.0584. The Balaban J connectivity index is 6.71. The van der Waals surface area contributed by atoms with Crippen LogP contribution in [0.2, 0.25) is 0 Å². The van der Waals surface area contributed by atoms with E-state index in [4.69, 9.17) is 0 Å². The van der Waals surface area contributed by atoms with Crippen LogP contribution < -0.4 is 0 Å². The first-order chi connectivity index (χ1) is 15.0. The van der Waals surface area contributed by atoms with Gasteiger partial charge in [0.2, 0.25) is 0 Å². The van der Waals surface area contributed by atoms with Crippen molar-refractivity contribution < 1.29 is 0 Å². The molecular formula is C24H54N6P3Sb. The van der Waals surface area contributed by atoms with E-state index in [1.807, 2.05) is 0 Å². The number of rotatable bonds is 9. The van der Waals surface area contributed by atoms with E-state index in [2.05, 4.69) is 118 Å². The zero-order chi connectivity index (χ0) is 27.4. The van der Waals surface area contributed by atoms with Crippen molar-refractivity contribution in [3.8, 4) is 0 Å². The molecule has 0 amide bonds. The zero-order valence-electron chi connectivity index (χ0n) is 24.5. The summed E-state index contributed by atoms with van der Waals surface area (Å²) < 4.78 is 8.33. The van der Waals surface area contributed by atoms with Crippen molar-refractivity contribution in [3.63, 3.8) is 0 Å². The quantitative estimate of drug-likeness (QED) is 0.107. The van der Waals surface area contributed by atoms with E-state index in [1.165, 1.54) is 0 Å². The summed E-state index contributed by atoms with van der Waals surface area (Å²) in [5.74, 6) is 0. The minimum atomic E-state index is -3.18. The molecule has 6 nitrogen and oxygen atoms in total. The zero-order valence-corrected chi connectivity index (χ0v) is 30.1. The summed E-state index contributed by atoms with van der Waals surface area (Å²) in [4.78, 5) is 0. The Labute approximate surface area is 224 Å².